The molecule has 1 amide bonds. The number of nitrogens with one attached hydrogen (secondary N) is 2. The van der Waals surface area contributed by atoms with Crippen LogP contribution in [0.4, 0.5) is 0 Å². The van der Waals surface area contributed by atoms with Gasteiger partial charge in [0.15, 0.2) is 12.6 Å². The summed E-state index contributed by atoms with van der Waals surface area (Å²) < 4.78 is 10.6. The molecule has 1 aromatic heterocycles. The Hall–Kier alpha value is -2.27. The maximum Gasteiger partial charge on any atom is 0.255 e. The number of primary amides is 1. The van der Waals surface area contributed by atoms with E-state index in [1.165, 1.54) is 6.26 Å². The zero-order chi connectivity index (χ0) is 19.7. The molecule has 8 nitrogen and oxygen atoms in total. The van der Waals surface area contributed by atoms with Gasteiger partial charge in [0.2, 0.25) is 0 Å². The monoisotopic (exact) mass is 502 g/mol. The van der Waals surface area contributed by atoms with Crippen LogP contribution in [-0.2, 0) is 16.9 Å². The van der Waals surface area contributed by atoms with E-state index in [1.54, 1.807) is 31.2 Å². The van der Waals surface area contributed by atoms with E-state index < -0.39 is 11.5 Å². The molecule has 1 aromatic carbocycles. The van der Waals surface area contributed by atoms with Gasteiger partial charge in [-0.05, 0) is 43.7 Å². The molecule has 0 fully saturated rings. The molecule has 0 aliphatic heterocycles. The van der Waals surface area contributed by atoms with Gasteiger partial charge < -0.3 is 30.6 Å². The highest BCUT2D eigenvalue weighted by atomic mass is 127. The van der Waals surface area contributed by atoms with Crippen LogP contribution in [0.15, 0.2) is 52.1 Å². The third-order valence-corrected chi connectivity index (χ3v) is 3.70. The maximum absolute atomic E-state index is 10.8. The lowest BCUT2D eigenvalue weighted by Crippen LogP contribution is -2.44. The first-order chi connectivity index (χ1) is 12.9. The molecular formula is C19H27IN4O4. The van der Waals surface area contributed by atoms with Crippen LogP contribution in [0.1, 0.15) is 25.2 Å². The van der Waals surface area contributed by atoms with Crippen molar-refractivity contribution in [3.8, 4) is 5.75 Å². The third-order valence-electron chi connectivity index (χ3n) is 3.70. The van der Waals surface area contributed by atoms with Gasteiger partial charge >= 0.3 is 0 Å². The molecule has 0 saturated heterocycles. The number of furan rings is 1. The summed E-state index contributed by atoms with van der Waals surface area (Å²) in [6, 6.07) is 10.7. The minimum atomic E-state index is -1.16. The molecule has 1 atom stereocenters. The zero-order valence-corrected chi connectivity index (χ0v) is 18.3. The molecule has 2 aromatic rings. The Bertz CT molecular complexity index is 763. The second-order valence-corrected chi connectivity index (χ2v) is 6.20. The Kier molecular flexibility index (Phi) is 9.80. The summed E-state index contributed by atoms with van der Waals surface area (Å²) in [5.41, 5.74) is 4.83. The van der Waals surface area contributed by atoms with Crippen LogP contribution in [0.25, 0.3) is 0 Å². The van der Waals surface area contributed by atoms with Crippen molar-refractivity contribution in [2.75, 3.05) is 19.7 Å². The molecule has 0 spiro atoms. The number of benzene rings is 1. The van der Waals surface area contributed by atoms with Crippen molar-refractivity contribution in [3.63, 3.8) is 0 Å². The van der Waals surface area contributed by atoms with Crippen LogP contribution in [-0.4, -0.2) is 36.7 Å². The minimum absolute atomic E-state index is 0. The summed E-state index contributed by atoms with van der Waals surface area (Å²) in [7, 11) is 0. The van der Waals surface area contributed by atoms with Crippen LogP contribution in [0.5, 0.6) is 5.75 Å². The maximum atomic E-state index is 10.8. The Labute approximate surface area is 181 Å². The molecule has 0 aliphatic rings. The number of hydrogen-bond donors (Lipinski definition) is 4. The highest BCUT2D eigenvalue weighted by molar-refractivity contribution is 14.0. The van der Waals surface area contributed by atoms with Crippen molar-refractivity contribution in [1.29, 1.82) is 0 Å². The topological polar surface area (TPSA) is 122 Å². The largest absolute Gasteiger partial charge is 0.484 e. The normalized spacial score (nSPS) is 13.2. The SMILES string of the molecule is CCNC(=NCc1cccc(OCC(N)=O)c1)NCC(C)(O)c1ccco1.I. The number of guanidine groups is 1. The number of carbonyl (C=O) groups excluding carboxylic acids is 1. The number of nitrogens with zero attached hydrogens (tertiary/aromatic N) is 1. The lowest BCUT2D eigenvalue weighted by Gasteiger charge is -2.22. The molecular weight excluding hydrogens is 475 g/mol. The van der Waals surface area contributed by atoms with Crippen LogP contribution >= 0.6 is 24.0 Å². The summed E-state index contributed by atoms with van der Waals surface area (Å²) in [5, 5.41) is 16.8. The van der Waals surface area contributed by atoms with Crippen LogP contribution in [0, 0.1) is 0 Å². The van der Waals surface area contributed by atoms with Gasteiger partial charge in [0.25, 0.3) is 5.91 Å². The van der Waals surface area contributed by atoms with E-state index in [2.05, 4.69) is 15.6 Å². The van der Waals surface area contributed by atoms with Gasteiger partial charge in [0, 0.05) is 6.54 Å². The van der Waals surface area contributed by atoms with Gasteiger partial charge in [-0.25, -0.2) is 4.99 Å². The second kappa shape index (κ2) is 11.5. The van der Waals surface area contributed by atoms with Gasteiger partial charge in [-0.1, -0.05) is 12.1 Å². The van der Waals surface area contributed by atoms with E-state index in [4.69, 9.17) is 14.9 Å². The summed E-state index contributed by atoms with van der Waals surface area (Å²) >= 11 is 0. The number of ether oxygens (including phenoxy) is 1. The number of aliphatic hydroxyl groups is 1. The number of hydrogen-bond acceptors (Lipinski definition) is 5. The molecule has 9 heteroatoms. The van der Waals surface area contributed by atoms with Crippen LogP contribution < -0.4 is 21.1 Å². The van der Waals surface area contributed by atoms with Crippen molar-refractivity contribution in [1.82, 2.24) is 10.6 Å². The van der Waals surface area contributed by atoms with Gasteiger partial charge in [-0.15, -0.1) is 24.0 Å². The van der Waals surface area contributed by atoms with Crippen molar-refractivity contribution in [2.45, 2.75) is 26.0 Å². The van der Waals surface area contributed by atoms with Gasteiger partial charge in [-0.3, -0.25) is 4.79 Å². The van der Waals surface area contributed by atoms with E-state index in [9.17, 15) is 9.90 Å². The average molecular weight is 502 g/mol. The number of nitrogens with two attached hydrogens (primary N) is 1. The van der Waals surface area contributed by atoms with Crippen molar-refractivity contribution >= 4 is 35.8 Å². The summed E-state index contributed by atoms with van der Waals surface area (Å²) in [5.74, 6) is 1.07. The number of halogens is 1. The number of amides is 1. The van der Waals surface area contributed by atoms with Crippen LogP contribution in [0.2, 0.25) is 0 Å². The molecule has 0 aliphatic carbocycles. The van der Waals surface area contributed by atoms with Crippen molar-refractivity contribution in [2.24, 2.45) is 10.7 Å². The molecule has 28 heavy (non-hydrogen) atoms. The van der Waals surface area contributed by atoms with E-state index in [1.807, 2.05) is 19.1 Å². The molecule has 0 saturated carbocycles. The molecule has 1 unspecified atom stereocenters. The predicted molar refractivity (Wildman–Crippen MR) is 118 cm³/mol. The van der Waals surface area contributed by atoms with Gasteiger partial charge in [0.05, 0.1) is 19.4 Å². The van der Waals surface area contributed by atoms with Crippen LogP contribution in [0.3, 0.4) is 0 Å². The lowest BCUT2D eigenvalue weighted by molar-refractivity contribution is -0.119. The predicted octanol–water partition coefficient (Wildman–Crippen LogP) is 1.72. The zero-order valence-electron chi connectivity index (χ0n) is 16.0. The smallest absolute Gasteiger partial charge is 0.255 e. The number of aliphatic imine (C=N–C) groups is 1. The minimum Gasteiger partial charge on any atom is -0.484 e. The molecule has 1 heterocycles. The van der Waals surface area contributed by atoms with E-state index in [0.717, 1.165) is 5.56 Å². The Balaban J connectivity index is 0.00000392. The fourth-order valence-corrected chi connectivity index (χ4v) is 2.33. The first kappa shape index (κ1) is 23.8. The Morgan fingerprint density at radius 3 is 2.75 bits per heavy atom. The van der Waals surface area contributed by atoms with Crippen molar-refractivity contribution < 1.29 is 19.1 Å². The van der Waals surface area contributed by atoms with Gasteiger partial charge in [0.1, 0.15) is 17.1 Å². The Morgan fingerprint density at radius 2 is 2.11 bits per heavy atom. The fraction of sp³-hybridized carbons (Fsp3) is 0.368. The van der Waals surface area contributed by atoms with E-state index >= 15 is 0 Å². The summed E-state index contributed by atoms with van der Waals surface area (Å²) in [6.07, 6.45) is 1.52. The van der Waals surface area contributed by atoms with Gasteiger partial charge in [-0.2, -0.15) is 0 Å². The molecule has 154 valence electrons. The number of rotatable bonds is 9. The standard InChI is InChI=1S/C19H26N4O4.HI/c1-3-21-18(23-13-19(2,25)16-8-5-9-26-16)22-11-14-6-4-7-15(10-14)27-12-17(20)24;/h4-10,25H,3,11-13H2,1-2H3,(H2,20,24)(H2,21,22,23);1H. The lowest BCUT2D eigenvalue weighted by atomic mass is 10.0. The first-order valence-corrected chi connectivity index (χ1v) is 8.69. The molecule has 5 N–H and O–H groups in total. The van der Waals surface area contributed by atoms with Crippen molar-refractivity contribution in [3.05, 3.63) is 54.0 Å². The number of carbonyl (C=O) groups is 1. The molecule has 0 bridgehead atoms. The second-order valence-electron chi connectivity index (χ2n) is 6.20. The first-order valence-electron chi connectivity index (χ1n) is 8.69. The highest BCUT2D eigenvalue weighted by Crippen LogP contribution is 2.19. The molecule has 0 radical (unpaired) electrons. The average Bonchev–Trinajstić information content (AvgIpc) is 3.18. The highest BCUT2D eigenvalue weighted by Gasteiger charge is 2.26. The van der Waals surface area contributed by atoms with E-state index in [-0.39, 0.29) is 37.1 Å². The van der Waals surface area contributed by atoms with E-state index in [0.29, 0.717) is 30.6 Å². The third kappa shape index (κ3) is 7.77. The summed E-state index contributed by atoms with van der Waals surface area (Å²) in [6.45, 7) is 4.76. The quantitative estimate of drug-likeness (QED) is 0.236. The molecule has 2 rings (SSSR count). The summed E-state index contributed by atoms with van der Waals surface area (Å²) in [4.78, 5) is 15.3. The Morgan fingerprint density at radius 1 is 1.32 bits per heavy atom. The fourth-order valence-electron chi connectivity index (χ4n) is 2.33.